The van der Waals surface area contributed by atoms with Gasteiger partial charge in [-0.2, -0.15) is 0 Å². The quantitative estimate of drug-likeness (QED) is 0.551. The van der Waals surface area contributed by atoms with Crippen molar-refractivity contribution in [2.75, 3.05) is 25.1 Å². The summed E-state index contributed by atoms with van der Waals surface area (Å²) in [5.41, 5.74) is 0.0993. The Morgan fingerprint density at radius 1 is 0.920 bits per heavy atom. The van der Waals surface area contributed by atoms with Crippen LogP contribution in [-0.4, -0.2) is 43.6 Å². The van der Waals surface area contributed by atoms with E-state index in [0.717, 1.165) is 11.3 Å². The Morgan fingerprint density at radius 2 is 1.48 bits per heavy atom. The molecule has 8 nitrogen and oxygen atoms in total. The predicted octanol–water partition coefficient (Wildman–Crippen LogP) is 2.17. The number of nitrogens with one attached hydrogen (secondary N) is 1. The van der Waals surface area contributed by atoms with Crippen LogP contribution in [0.2, 0.25) is 0 Å². The third kappa shape index (κ3) is 5.56. The van der Waals surface area contributed by atoms with Crippen LogP contribution in [0.1, 0.15) is 53.3 Å². The van der Waals surface area contributed by atoms with Crippen LogP contribution < -0.4 is 5.32 Å². The van der Waals surface area contributed by atoms with Gasteiger partial charge in [0, 0.05) is 12.5 Å². The minimum atomic E-state index is -0.739. The summed E-state index contributed by atoms with van der Waals surface area (Å²) in [5.74, 6) is -2.46. The van der Waals surface area contributed by atoms with Crippen molar-refractivity contribution in [3.8, 4) is 0 Å². The molecule has 9 heteroatoms. The maximum absolute atomic E-state index is 12.3. The molecule has 0 unspecified atom stereocenters. The number of esters is 3. The van der Waals surface area contributed by atoms with Crippen LogP contribution in [0.15, 0.2) is 0 Å². The van der Waals surface area contributed by atoms with Crippen molar-refractivity contribution in [3.05, 3.63) is 16.0 Å². The third-order valence-electron chi connectivity index (χ3n) is 2.86. The topological polar surface area (TPSA) is 108 Å². The molecule has 0 aliphatic heterocycles. The molecule has 25 heavy (non-hydrogen) atoms. The Bertz CT molecular complexity index is 666. The van der Waals surface area contributed by atoms with Crippen molar-refractivity contribution in [1.82, 2.24) is 0 Å². The van der Waals surface area contributed by atoms with Gasteiger partial charge >= 0.3 is 17.9 Å². The Morgan fingerprint density at radius 3 is 2.00 bits per heavy atom. The third-order valence-corrected chi connectivity index (χ3v) is 3.99. The van der Waals surface area contributed by atoms with Gasteiger partial charge in [0.2, 0.25) is 5.91 Å². The van der Waals surface area contributed by atoms with E-state index in [9.17, 15) is 19.2 Å². The van der Waals surface area contributed by atoms with Gasteiger partial charge < -0.3 is 19.5 Å². The zero-order valence-electron chi connectivity index (χ0n) is 14.6. The number of rotatable bonds is 8. The average Bonchev–Trinajstić information content (AvgIpc) is 2.85. The first kappa shape index (κ1) is 20.6. The molecule has 1 rings (SSSR count). The molecule has 1 aromatic heterocycles. The summed E-state index contributed by atoms with van der Waals surface area (Å²) < 4.78 is 14.9. The molecule has 1 N–H and O–H groups in total. The first-order valence-corrected chi connectivity index (χ1v) is 8.60. The van der Waals surface area contributed by atoms with Gasteiger partial charge in [0.05, 0.1) is 31.8 Å². The Hall–Kier alpha value is -2.42. The summed E-state index contributed by atoms with van der Waals surface area (Å²) in [6, 6.07) is 0. The highest BCUT2D eigenvalue weighted by Crippen LogP contribution is 2.35. The number of thiophene rings is 1. The van der Waals surface area contributed by atoms with Crippen LogP contribution in [0.5, 0.6) is 0 Å². The molecular formula is C16H21NO7S. The predicted molar refractivity (Wildman–Crippen MR) is 90.9 cm³/mol. The first-order valence-electron chi connectivity index (χ1n) is 7.78. The van der Waals surface area contributed by atoms with Gasteiger partial charge in [-0.1, -0.05) is 0 Å². The Labute approximate surface area is 149 Å². The van der Waals surface area contributed by atoms with Crippen molar-refractivity contribution in [2.24, 2.45) is 0 Å². The minimum absolute atomic E-state index is 0.0295. The fourth-order valence-corrected chi connectivity index (χ4v) is 3.17. The van der Waals surface area contributed by atoms with Gasteiger partial charge in [-0.15, -0.1) is 11.3 Å². The number of carbonyl (C=O) groups excluding carboxylic acids is 4. The zero-order valence-corrected chi connectivity index (χ0v) is 15.4. The average molecular weight is 371 g/mol. The van der Waals surface area contributed by atoms with E-state index in [2.05, 4.69) is 5.32 Å². The van der Waals surface area contributed by atoms with Crippen molar-refractivity contribution >= 4 is 40.2 Å². The van der Waals surface area contributed by atoms with E-state index in [1.807, 2.05) is 0 Å². The lowest BCUT2D eigenvalue weighted by molar-refractivity contribution is -0.142. The molecule has 0 spiro atoms. The van der Waals surface area contributed by atoms with Gasteiger partial charge in [0.15, 0.2) is 0 Å². The second-order valence-electron chi connectivity index (χ2n) is 4.72. The van der Waals surface area contributed by atoms with Gasteiger partial charge in [0.25, 0.3) is 0 Å². The molecule has 0 saturated heterocycles. The molecule has 0 atom stereocenters. The monoisotopic (exact) mass is 371 g/mol. The number of hydrogen-bond donors (Lipinski definition) is 1. The summed E-state index contributed by atoms with van der Waals surface area (Å²) in [4.78, 5) is 47.9. The molecule has 0 aromatic carbocycles. The fourth-order valence-electron chi connectivity index (χ4n) is 2.02. The van der Waals surface area contributed by atoms with E-state index in [1.54, 1.807) is 20.8 Å². The van der Waals surface area contributed by atoms with E-state index in [0.29, 0.717) is 0 Å². The van der Waals surface area contributed by atoms with E-state index >= 15 is 0 Å². The number of amides is 1. The van der Waals surface area contributed by atoms with Crippen molar-refractivity contribution in [2.45, 2.75) is 34.1 Å². The van der Waals surface area contributed by atoms with Crippen LogP contribution in [-0.2, 0) is 30.2 Å². The molecule has 0 radical (unpaired) electrons. The standard InChI is InChI=1S/C16H21NO7S/c1-5-22-11(19)8-10-12(15(20)23-6-2)14(17-9(4)18)25-13(10)16(21)24-7-3/h5-8H2,1-4H3,(H,17,18). The number of anilines is 1. The van der Waals surface area contributed by atoms with Crippen LogP contribution in [0.4, 0.5) is 5.00 Å². The van der Waals surface area contributed by atoms with E-state index in [1.165, 1.54) is 6.92 Å². The lowest BCUT2D eigenvalue weighted by Crippen LogP contribution is -2.16. The van der Waals surface area contributed by atoms with Crippen molar-refractivity contribution in [3.63, 3.8) is 0 Å². The first-order chi connectivity index (χ1) is 11.8. The summed E-state index contributed by atoms with van der Waals surface area (Å²) in [6.07, 6.45) is -0.313. The van der Waals surface area contributed by atoms with Crippen molar-refractivity contribution in [1.29, 1.82) is 0 Å². The lowest BCUT2D eigenvalue weighted by atomic mass is 10.1. The number of hydrogen-bond acceptors (Lipinski definition) is 8. The highest BCUT2D eigenvalue weighted by Gasteiger charge is 2.30. The number of carbonyl (C=O) groups is 4. The molecule has 1 aromatic rings. The van der Waals surface area contributed by atoms with Gasteiger partial charge in [-0.25, -0.2) is 9.59 Å². The van der Waals surface area contributed by atoms with E-state index in [-0.39, 0.29) is 47.2 Å². The number of ether oxygens (including phenoxy) is 3. The van der Waals surface area contributed by atoms with E-state index in [4.69, 9.17) is 14.2 Å². The highest BCUT2D eigenvalue weighted by molar-refractivity contribution is 7.18. The normalized spacial score (nSPS) is 10.1. The van der Waals surface area contributed by atoms with Crippen LogP contribution in [0.3, 0.4) is 0 Å². The van der Waals surface area contributed by atoms with Crippen molar-refractivity contribution < 1.29 is 33.4 Å². The van der Waals surface area contributed by atoms with Crippen LogP contribution in [0, 0.1) is 0 Å². The van der Waals surface area contributed by atoms with Gasteiger partial charge in [-0.3, -0.25) is 9.59 Å². The molecule has 0 aliphatic rings. The van der Waals surface area contributed by atoms with Crippen LogP contribution >= 0.6 is 11.3 Å². The van der Waals surface area contributed by atoms with E-state index < -0.39 is 23.8 Å². The molecule has 0 fully saturated rings. The minimum Gasteiger partial charge on any atom is -0.466 e. The smallest absolute Gasteiger partial charge is 0.348 e. The fraction of sp³-hybridized carbons (Fsp3) is 0.500. The summed E-state index contributed by atoms with van der Waals surface area (Å²) in [6.45, 7) is 6.56. The largest absolute Gasteiger partial charge is 0.466 e. The molecule has 1 amide bonds. The second kappa shape index (κ2) is 9.77. The van der Waals surface area contributed by atoms with Crippen LogP contribution in [0.25, 0.3) is 0 Å². The maximum Gasteiger partial charge on any atom is 0.348 e. The molecule has 0 bridgehead atoms. The Kier molecular flexibility index (Phi) is 8.06. The molecule has 0 aliphatic carbocycles. The second-order valence-corrected chi connectivity index (χ2v) is 5.74. The van der Waals surface area contributed by atoms with Gasteiger partial charge in [0.1, 0.15) is 9.88 Å². The molecule has 1 heterocycles. The van der Waals surface area contributed by atoms with Gasteiger partial charge in [-0.05, 0) is 20.8 Å². The maximum atomic E-state index is 12.3. The summed E-state index contributed by atoms with van der Waals surface area (Å²) in [7, 11) is 0. The molecular weight excluding hydrogens is 350 g/mol. The summed E-state index contributed by atoms with van der Waals surface area (Å²) >= 11 is 0.862. The molecule has 138 valence electrons. The SMILES string of the molecule is CCOC(=O)Cc1c(C(=O)OCC)sc(NC(C)=O)c1C(=O)OCC. The summed E-state index contributed by atoms with van der Waals surface area (Å²) in [5, 5.41) is 2.63. The Balaban J connectivity index is 3.47. The molecule has 0 saturated carbocycles. The zero-order chi connectivity index (χ0) is 19.0. The highest BCUT2D eigenvalue weighted by atomic mass is 32.1. The lowest BCUT2D eigenvalue weighted by Gasteiger charge is -2.08.